The molecule has 0 radical (unpaired) electrons. The summed E-state index contributed by atoms with van der Waals surface area (Å²) in [7, 11) is 1.52. The van der Waals surface area contributed by atoms with E-state index in [0.717, 1.165) is 0 Å². The quantitative estimate of drug-likeness (QED) is 0.262. The van der Waals surface area contributed by atoms with Gasteiger partial charge in [0.05, 0.1) is 12.5 Å². The minimum Gasteiger partial charge on any atom is -0.409 e. The third kappa shape index (κ3) is 6.08. The molecule has 0 aromatic rings. The number of nitrogens with zero attached hydrogens (tertiary/aromatic N) is 2. The Morgan fingerprint density at radius 3 is 2.42 bits per heavy atom. The van der Waals surface area contributed by atoms with Crippen LogP contribution in [0.2, 0.25) is 0 Å². The van der Waals surface area contributed by atoms with Crippen LogP contribution in [0.1, 0.15) is 27.2 Å². The first-order valence-corrected chi connectivity index (χ1v) is 6.32. The second kappa shape index (κ2) is 8.34. The molecule has 0 aromatic carbocycles. The molecule has 7 nitrogen and oxygen atoms in total. The van der Waals surface area contributed by atoms with E-state index in [1.54, 1.807) is 6.92 Å². The van der Waals surface area contributed by atoms with Crippen LogP contribution in [0.4, 0.5) is 0 Å². The van der Waals surface area contributed by atoms with Crippen molar-refractivity contribution < 1.29 is 14.8 Å². The average molecular weight is 272 g/mol. The largest absolute Gasteiger partial charge is 0.409 e. The molecule has 0 saturated heterocycles. The van der Waals surface area contributed by atoms with Crippen LogP contribution in [0.15, 0.2) is 5.16 Å². The average Bonchev–Trinajstić information content (AvgIpc) is 2.36. The van der Waals surface area contributed by atoms with Crippen LogP contribution in [0.5, 0.6) is 0 Å². The molecule has 0 aromatic heterocycles. The van der Waals surface area contributed by atoms with E-state index >= 15 is 0 Å². The number of nitrogens with two attached hydrogens (primary N) is 1. The first kappa shape index (κ1) is 17.2. The predicted molar refractivity (Wildman–Crippen MR) is 72.7 cm³/mol. The van der Waals surface area contributed by atoms with Crippen molar-refractivity contribution in [1.82, 2.24) is 10.2 Å². The van der Waals surface area contributed by atoms with Crippen molar-refractivity contribution >= 4 is 17.6 Å². The van der Waals surface area contributed by atoms with Crippen LogP contribution in [0.25, 0.3) is 0 Å². The molecule has 0 aliphatic heterocycles. The van der Waals surface area contributed by atoms with E-state index in [0.29, 0.717) is 18.9 Å². The molecule has 0 aliphatic rings. The smallest absolute Gasteiger partial charge is 0.239 e. The number of carbonyl (C=O) groups excluding carboxylic acids is 2. The first-order valence-electron chi connectivity index (χ1n) is 6.32. The number of amides is 2. The molecule has 2 amide bonds. The normalized spacial score (nSPS) is 13.2. The van der Waals surface area contributed by atoms with Gasteiger partial charge in [0.25, 0.3) is 0 Å². The van der Waals surface area contributed by atoms with Gasteiger partial charge in [0.2, 0.25) is 11.8 Å². The molecule has 0 aliphatic carbocycles. The lowest BCUT2D eigenvalue weighted by molar-refractivity contribution is -0.136. The topological polar surface area (TPSA) is 108 Å². The SMILES string of the molecule is CCC(C(=O)N(C)CC(=O)NCC(C)C)C(N)=NO. The van der Waals surface area contributed by atoms with Crippen LogP contribution in [-0.2, 0) is 9.59 Å². The number of amidine groups is 1. The van der Waals surface area contributed by atoms with E-state index < -0.39 is 5.92 Å². The maximum absolute atomic E-state index is 12.0. The van der Waals surface area contributed by atoms with Gasteiger partial charge in [-0.15, -0.1) is 0 Å². The number of oxime groups is 1. The highest BCUT2D eigenvalue weighted by Gasteiger charge is 2.25. The van der Waals surface area contributed by atoms with Gasteiger partial charge in [-0.2, -0.15) is 0 Å². The van der Waals surface area contributed by atoms with Gasteiger partial charge < -0.3 is 21.2 Å². The van der Waals surface area contributed by atoms with Gasteiger partial charge in [-0.25, -0.2) is 0 Å². The predicted octanol–water partition coefficient (Wildman–Crippen LogP) is -0.0104. The van der Waals surface area contributed by atoms with E-state index in [1.165, 1.54) is 11.9 Å². The summed E-state index contributed by atoms with van der Waals surface area (Å²) in [6.45, 7) is 6.26. The lowest BCUT2D eigenvalue weighted by atomic mass is 10.0. The van der Waals surface area contributed by atoms with Crippen LogP contribution >= 0.6 is 0 Å². The van der Waals surface area contributed by atoms with Gasteiger partial charge in [0.1, 0.15) is 0 Å². The van der Waals surface area contributed by atoms with Crippen LogP contribution in [0.3, 0.4) is 0 Å². The second-order valence-corrected chi connectivity index (χ2v) is 4.88. The van der Waals surface area contributed by atoms with Crippen LogP contribution < -0.4 is 11.1 Å². The Morgan fingerprint density at radius 1 is 1.42 bits per heavy atom. The molecule has 0 bridgehead atoms. The first-order chi connectivity index (χ1) is 8.83. The minimum absolute atomic E-state index is 0.0409. The molecule has 4 N–H and O–H groups in total. The van der Waals surface area contributed by atoms with Gasteiger partial charge in [-0.05, 0) is 12.3 Å². The Kier molecular flexibility index (Phi) is 7.55. The molecule has 7 heteroatoms. The van der Waals surface area contributed by atoms with E-state index in [1.807, 2.05) is 13.8 Å². The second-order valence-electron chi connectivity index (χ2n) is 4.88. The van der Waals surface area contributed by atoms with Crippen molar-refractivity contribution in [3.63, 3.8) is 0 Å². The monoisotopic (exact) mass is 272 g/mol. The zero-order valence-corrected chi connectivity index (χ0v) is 12.0. The molecule has 19 heavy (non-hydrogen) atoms. The standard InChI is InChI=1S/C12H24N4O3/c1-5-9(11(13)15-19)12(18)16(4)7-10(17)14-6-8(2)3/h8-9,19H,5-7H2,1-4H3,(H2,13,15)(H,14,17). The summed E-state index contributed by atoms with van der Waals surface area (Å²) >= 11 is 0. The van der Waals surface area contributed by atoms with Crippen molar-refractivity contribution in [3.8, 4) is 0 Å². The van der Waals surface area contributed by atoms with Crippen molar-refractivity contribution in [3.05, 3.63) is 0 Å². The molecule has 0 fully saturated rings. The highest BCUT2D eigenvalue weighted by molar-refractivity contribution is 6.02. The van der Waals surface area contributed by atoms with E-state index in [2.05, 4.69) is 10.5 Å². The summed E-state index contributed by atoms with van der Waals surface area (Å²) in [5.74, 6) is -1.04. The lowest BCUT2D eigenvalue weighted by Gasteiger charge is -2.22. The summed E-state index contributed by atoms with van der Waals surface area (Å²) in [5.41, 5.74) is 5.45. The van der Waals surface area contributed by atoms with Gasteiger partial charge >= 0.3 is 0 Å². The molecule has 1 atom stereocenters. The Labute approximate surface area is 113 Å². The third-order valence-electron chi connectivity index (χ3n) is 2.64. The van der Waals surface area contributed by atoms with E-state index in [4.69, 9.17) is 10.9 Å². The maximum atomic E-state index is 12.0. The molecular weight excluding hydrogens is 248 g/mol. The van der Waals surface area contributed by atoms with Crippen molar-refractivity contribution in [1.29, 1.82) is 0 Å². The summed E-state index contributed by atoms with van der Waals surface area (Å²) in [6.07, 6.45) is 0.409. The Hall–Kier alpha value is -1.79. The summed E-state index contributed by atoms with van der Waals surface area (Å²) in [5, 5.41) is 14.2. The molecule has 0 saturated carbocycles. The fraction of sp³-hybridized carbons (Fsp3) is 0.750. The van der Waals surface area contributed by atoms with E-state index in [-0.39, 0.29) is 24.2 Å². The molecule has 110 valence electrons. The van der Waals surface area contributed by atoms with Crippen LogP contribution in [0, 0.1) is 11.8 Å². The molecule has 1 unspecified atom stereocenters. The van der Waals surface area contributed by atoms with Crippen molar-refractivity contribution in [2.75, 3.05) is 20.1 Å². The summed E-state index contributed by atoms with van der Waals surface area (Å²) < 4.78 is 0. The molecule has 0 spiro atoms. The number of nitrogens with one attached hydrogen (secondary N) is 1. The zero-order chi connectivity index (χ0) is 15.0. The van der Waals surface area contributed by atoms with Gasteiger partial charge in [-0.3, -0.25) is 9.59 Å². The number of likely N-dealkylation sites (N-methyl/N-ethyl adjacent to an activating group) is 1. The van der Waals surface area contributed by atoms with Gasteiger partial charge in [-0.1, -0.05) is 25.9 Å². The van der Waals surface area contributed by atoms with Gasteiger partial charge in [0.15, 0.2) is 5.84 Å². The fourth-order valence-electron chi connectivity index (χ4n) is 1.51. The van der Waals surface area contributed by atoms with Crippen molar-refractivity contribution in [2.45, 2.75) is 27.2 Å². The number of hydrogen-bond acceptors (Lipinski definition) is 4. The molecule has 0 rings (SSSR count). The number of carbonyl (C=O) groups is 2. The highest BCUT2D eigenvalue weighted by atomic mass is 16.4. The molecule has 0 heterocycles. The Morgan fingerprint density at radius 2 is 2.00 bits per heavy atom. The maximum Gasteiger partial charge on any atom is 0.239 e. The van der Waals surface area contributed by atoms with E-state index in [9.17, 15) is 9.59 Å². The Bertz CT molecular complexity index is 342. The van der Waals surface area contributed by atoms with Crippen molar-refractivity contribution in [2.24, 2.45) is 22.7 Å². The minimum atomic E-state index is -0.701. The summed E-state index contributed by atoms with van der Waals surface area (Å²) in [6, 6.07) is 0. The third-order valence-corrected chi connectivity index (χ3v) is 2.64. The Balaban J connectivity index is 4.44. The highest BCUT2D eigenvalue weighted by Crippen LogP contribution is 2.07. The lowest BCUT2D eigenvalue weighted by Crippen LogP contribution is -2.44. The summed E-state index contributed by atoms with van der Waals surface area (Å²) in [4.78, 5) is 24.9. The number of rotatable bonds is 7. The fourth-order valence-corrected chi connectivity index (χ4v) is 1.51. The number of hydrogen-bond donors (Lipinski definition) is 3. The zero-order valence-electron chi connectivity index (χ0n) is 12.0. The van der Waals surface area contributed by atoms with Gasteiger partial charge in [0, 0.05) is 13.6 Å². The van der Waals surface area contributed by atoms with Crippen LogP contribution in [-0.4, -0.2) is 47.9 Å². The molecular formula is C12H24N4O3.